The molecule has 0 aliphatic carbocycles. The minimum Gasteiger partial charge on any atom is -0.298 e. The van der Waals surface area contributed by atoms with Gasteiger partial charge in [0.1, 0.15) is 5.78 Å². The molecular weight excluding hydrogens is 138 g/mol. The molecule has 0 heterocycles. The lowest BCUT2D eigenvalue weighted by Gasteiger charge is -2.28. The van der Waals surface area contributed by atoms with Gasteiger partial charge in [0.25, 0.3) is 0 Å². The molecule has 0 spiro atoms. The summed E-state index contributed by atoms with van der Waals surface area (Å²) < 4.78 is 0. The molecule has 0 aromatic rings. The molecule has 0 aliphatic rings. The van der Waals surface area contributed by atoms with Crippen molar-refractivity contribution in [3.63, 3.8) is 0 Å². The summed E-state index contributed by atoms with van der Waals surface area (Å²) in [5.41, 5.74) is 0. The van der Waals surface area contributed by atoms with Crippen LogP contribution in [0.2, 0.25) is 0 Å². The first kappa shape index (κ1) is 10.6. The van der Waals surface area contributed by atoms with Gasteiger partial charge in [-0.15, -0.1) is 0 Å². The minimum atomic E-state index is 0.0601. The molecule has 0 aromatic heterocycles. The lowest BCUT2D eigenvalue weighted by Crippen LogP contribution is -2.40. The van der Waals surface area contributed by atoms with Gasteiger partial charge >= 0.3 is 0 Å². The summed E-state index contributed by atoms with van der Waals surface area (Å²) in [5.74, 6) is 0.243. The third kappa shape index (κ3) is 3.02. The fraction of sp³-hybridized carbons (Fsp3) is 0.889. The molecular formula is C9H19NO. The van der Waals surface area contributed by atoms with E-state index < -0.39 is 0 Å². The first-order valence-electron chi connectivity index (χ1n) is 4.23. The maximum absolute atomic E-state index is 11.0. The molecule has 2 heteroatoms. The molecule has 2 nitrogen and oxygen atoms in total. The van der Waals surface area contributed by atoms with Gasteiger partial charge in [0.15, 0.2) is 0 Å². The second-order valence-corrected chi connectivity index (χ2v) is 3.21. The average Bonchev–Trinajstić information content (AvgIpc) is 2.00. The first-order valence-corrected chi connectivity index (χ1v) is 4.23. The molecule has 0 fully saturated rings. The van der Waals surface area contributed by atoms with Gasteiger partial charge in [-0.25, -0.2) is 0 Å². The number of likely N-dealkylation sites (N-methyl/N-ethyl adjacent to an activating group) is 1. The molecule has 66 valence electrons. The van der Waals surface area contributed by atoms with E-state index in [2.05, 4.69) is 18.7 Å². The average molecular weight is 157 g/mol. The molecule has 0 amide bonds. The van der Waals surface area contributed by atoms with E-state index in [0.29, 0.717) is 6.04 Å². The van der Waals surface area contributed by atoms with E-state index >= 15 is 0 Å². The zero-order valence-electron chi connectivity index (χ0n) is 8.22. The third-order valence-corrected chi connectivity index (χ3v) is 2.49. The molecule has 2 unspecified atom stereocenters. The van der Waals surface area contributed by atoms with E-state index in [4.69, 9.17) is 0 Å². The SMILES string of the molecule is CCC(C)N(C)C(C)C(C)=O. The van der Waals surface area contributed by atoms with Crippen LogP contribution < -0.4 is 0 Å². The Hall–Kier alpha value is -0.370. The van der Waals surface area contributed by atoms with Crippen LogP contribution in [0.25, 0.3) is 0 Å². The van der Waals surface area contributed by atoms with Gasteiger partial charge in [-0.2, -0.15) is 0 Å². The van der Waals surface area contributed by atoms with Gasteiger partial charge < -0.3 is 0 Å². The van der Waals surface area contributed by atoms with Crippen LogP contribution in [-0.2, 0) is 4.79 Å². The van der Waals surface area contributed by atoms with Crippen molar-refractivity contribution in [3.05, 3.63) is 0 Å². The maximum Gasteiger partial charge on any atom is 0.146 e. The van der Waals surface area contributed by atoms with Crippen molar-refractivity contribution in [2.24, 2.45) is 0 Å². The molecule has 0 saturated heterocycles. The number of carbonyl (C=O) groups excluding carboxylic acids is 1. The zero-order chi connectivity index (χ0) is 9.02. The standard InChI is InChI=1S/C9H19NO/c1-6-7(2)10(5)8(3)9(4)11/h7-8H,6H2,1-5H3. The van der Waals surface area contributed by atoms with Gasteiger partial charge in [-0.05, 0) is 34.2 Å². The smallest absolute Gasteiger partial charge is 0.146 e. The second kappa shape index (κ2) is 4.50. The Kier molecular flexibility index (Phi) is 4.34. The number of carbonyl (C=O) groups is 1. The van der Waals surface area contributed by atoms with Crippen LogP contribution in [0.5, 0.6) is 0 Å². The van der Waals surface area contributed by atoms with Crippen molar-refractivity contribution in [2.75, 3.05) is 7.05 Å². The molecule has 0 N–H and O–H groups in total. The monoisotopic (exact) mass is 157 g/mol. The predicted molar refractivity (Wildman–Crippen MR) is 47.7 cm³/mol. The van der Waals surface area contributed by atoms with Crippen molar-refractivity contribution >= 4 is 5.78 Å². The van der Waals surface area contributed by atoms with Crippen LogP contribution in [0.4, 0.5) is 0 Å². The van der Waals surface area contributed by atoms with Gasteiger partial charge in [0.05, 0.1) is 6.04 Å². The molecule has 11 heavy (non-hydrogen) atoms. The molecule has 0 aliphatic heterocycles. The Morgan fingerprint density at radius 1 is 1.45 bits per heavy atom. The summed E-state index contributed by atoms with van der Waals surface area (Å²) in [6, 6.07) is 0.554. The largest absolute Gasteiger partial charge is 0.298 e. The number of nitrogens with zero attached hydrogens (tertiary/aromatic N) is 1. The van der Waals surface area contributed by atoms with Crippen molar-refractivity contribution in [2.45, 2.75) is 46.2 Å². The molecule has 0 radical (unpaired) electrons. The van der Waals surface area contributed by atoms with Crippen LogP contribution in [0.1, 0.15) is 34.1 Å². The van der Waals surface area contributed by atoms with Gasteiger partial charge in [0, 0.05) is 6.04 Å². The van der Waals surface area contributed by atoms with E-state index in [9.17, 15) is 4.79 Å². The van der Waals surface area contributed by atoms with Gasteiger partial charge in [-0.1, -0.05) is 6.92 Å². The highest BCUT2D eigenvalue weighted by atomic mass is 16.1. The summed E-state index contributed by atoms with van der Waals surface area (Å²) in [6.07, 6.45) is 1.09. The maximum atomic E-state index is 11.0. The number of hydrogen-bond acceptors (Lipinski definition) is 2. The van der Waals surface area contributed by atoms with Crippen LogP contribution in [0.3, 0.4) is 0 Å². The quantitative estimate of drug-likeness (QED) is 0.619. The third-order valence-electron chi connectivity index (χ3n) is 2.49. The summed E-state index contributed by atoms with van der Waals surface area (Å²) in [7, 11) is 2.00. The van der Waals surface area contributed by atoms with Gasteiger partial charge in [0.2, 0.25) is 0 Å². The van der Waals surface area contributed by atoms with Crippen LogP contribution in [0, 0.1) is 0 Å². The summed E-state index contributed by atoms with van der Waals surface area (Å²) in [5, 5.41) is 0. The summed E-state index contributed by atoms with van der Waals surface area (Å²) in [6.45, 7) is 7.87. The van der Waals surface area contributed by atoms with Crippen LogP contribution in [-0.4, -0.2) is 29.8 Å². The highest BCUT2D eigenvalue weighted by Gasteiger charge is 2.17. The predicted octanol–water partition coefficient (Wildman–Crippen LogP) is 1.69. The lowest BCUT2D eigenvalue weighted by atomic mass is 10.1. The Balaban J connectivity index is 4.00. The Labute approximate surface area is 69.6 Å². The van der Waals surface area contributed by atoms with E-state index in [1.807, 2.05) is 14.0 Å². The van der Waals surface area contributed by atoms with Gasteiger partial charge in [-0.3, -0.25) is 9.69 Å². The molecule has 2 atom stereocenters. The van der Waals surface area contributed by atoms with Crippen molar-refractivity contribution in [1.82, 2.24) is 4.90 Å². The number of hydrogen-bond donors (Lipinski definition) is 0. The Bertz CT molecular complexity index is 134. The summed E-state index contributed by atoms with van der Waals surface area (Å²) in [4.78, 5) is 13.1. The van der Waals surface area contributed by atoms with E-state index in [1.165, 1.54) is 0 Å². The Morgan fingerprint density at radius 3 is 2.18 bits per heavy atom. The number of rotatable bonds is 4. The fourth-order valence-electron chi connectivity index (χ4n) is 0.956. The van der Waals surface area contributed by atoms with Crippen molar-refractivity contribution in [3.8, 4) is 0 Å². The van der Waals surface area contributed by atoms with Crippen LogP contribution >= 0.6 is 0 Å². The topological polar surface area (TPSA) is 20.3 Å². The normalized spacial score (nSPS) is 16.5. The van der Waals surface area contributed by atoms with E-state index in [0.717, 1.165) is 6.42 Å². The summed E-state index contributed by atoms with van der Waals surface area (Å²) >= 11 is 0. The van der Waals surface area contributed by atoms with Crippen molar-refractivity contribution < 1.29 is 4.79 Å². The molecule has 0 rings (SSSR count). The lowest BCUT2D eigenvalue weighted by molar-refractivity contribution is -0.121. The first-order chi connectivity index (χ1) is 5.00. The zero-order valence-corrected chi connectivity index (χ0v) is 8.22. The highest BCUT2D eigenvalue weighted by Crippen LogP contribution is 2.05. The number of ketones is 1. The minimum absolute atomic E-state index is 0.0601. The van der Waals surface area contributed by atoms with Crippen molar-refractivity contribution in [1.29, 1.82) is 0 Å². The molecule has 0 saturated carbocycles. The Morgan fingerprint density at radius 2 is 1.91 bits per heavy atom. The van der Waals surface area contributed by atoms with E-state index in [-0.39, 0.29) is 11.8 Å². The second-order valence-electron chi connectivity index (χ2n) is 3.21. The molecule has 0 aromatic carbocycles. The fourth-order valence-corrected chi connectivity index (χ4v) is 0.956. The number of Topliss-reactive ketones (excluding diaryl/α,β-unsaturated/α-hetero) is 1. The van der Waals surface area contributed by atoms with Crippen LogP contribution in [0.15, 0.2) is 0 Å². The van der Waals surface area contributed by atoms with E-state index in [1.54, 1.807) is 6.92 Å². The highest BCUT2D eigenvalue weighted by molar-refractivity contribution is 5.80. The molecule has 0 bridgehead atoms.